The summed E-state index contributed by atoms with van der Waals surface area (Å²) in [5, 5.41) is 3.21. The topological polar surface area (TPSA) is 34.1 Å². The summed E-state index contributed by atoms with van der Waals surface area (Å²) in [6.45, 7) is 0.911. The lowest BCUT2D eigenvalue weighted by molar-refractivity contribution is 0.415. The summed E-state index contributed by atoms with van der Waals surface area (Å²) in [6.07, 6.45) is 3.83. The fourth-order valence-electron chi connectivity index (χ4n) is 0.960. The van der Waals surface area contributed by atoms with Gasteiger partial charge in [-0.1, -0.05) is 0 Å². The zero-order valence-electron chi connectivity index (χ0n) is 7.91. The molecule has 0 unspecified atom stereocenters. The van der Waals surface area contributed by atoms with Crippen LogP contribution in [0, 0.1) is 0 Å². The van der Waals surface area contributed by atoms with Crippen molar-refractivity contribution >= 4 is 17.6 Å². The van der Waals surface area contributed by atoms with Crippen LogP contribution in [0.5, 0.6) is 5.75 Å². The molecule has 1 rings (SSSR count). The highest BCUT2D eigenvalue weighted by Crippen LogP contribution is 2.19. The van der Waals surface area contributed by atoms with Gasteiger partial charge in [0, 0.05) is 18.5 Å². The van der Waals surface area contributed by atoms with Gasteiger partial charge in [-0.05, 0) is 18.4 Å². The molecule has 0 bridgehead atoms. The van der Waals surface area contributed by atoms with Gasteiger partial charge in [0.1, 0.15) is 0 Å². The maximum Gasteiger partial charge on any atom is 0.168 e. The number of anilines is 1. The Morgan fingerprint density at radius 1 is 1.62 bits per heavy atom. The van der Waals surface area contributed by atoms with Crippen molar-refractivity contribution in [3.05, 3.63) is 18.3 Å². The van der Waals surface area contributed by atoms with E-state index in [1.54, 1.807) is 25.1 Å². The average Bonchev–Trinajstić information content (AvgIpc) is 2.19. The molecule has 1 aromatic heterocycles. The molecule has 0 saturated carbocycles. The van der Waals surface area contributed by atoms with E-state index >= 15 is 0 Å². The fourth-order valence-corrected chi connectivity index (χ4v) is 1.27. The lowest BCUT2D eigenvalue weighted by Crippen LogP contribution is -2.06. The number of nitrogens with one attached hydrogen (secondary N) is 1. The molecule has 0 fully saturated rings. The number of nitrogens with zero attached hydrogens (tertiary/aromatic N) is 1. The van der Waals surface area contributed by atoms with Gasteiger partial charge in [0.15, 0.2) is 11.6 Å². The molecule has 0 atom stereocenters. The number of rotatable bonds is 5. The molecule has 1 N–H and O–H groups in total. The van der Waals surface area contributed by atoms with Gasteiger partial charge in [0.05, 0.1) is 7.11 Å². The van der Waals surface area contributed by atoms with E-state index in [2.05, 4.69) is 16.6 Å². The second-order valence-electron chi connectivity index (χ2n) is 2.47. The lowest BCUT2D eigenvalue weighted by atomic mass is 10.4. The Kier molecular flexibility index (Phi) is 4.46. The first-order valence-electron chi connectivity index (χ1n) is 4.10. The number of ether oxygens (including phenoxy) is 1. The SMILES string of the molecule is COc1cccnc1NCCSC. The molecule has 0 aliphatic heterocycles. The molecule has 13 heavy (non-hydrogen) atoms. The molecule has 4 heteroatoms. The third kappa shape index (κ3) is 3.14. The highest BCUT2D eigenvalue weighted by molar-refractivity contribution is 7.98. The standard InChI is InChI=1S/C9H14N2OS/c1-12-8-4-3-5-10-9(8)11-6-7-13-2/h3-5H,6-7H2,1-2H3,(H,10,11). The molecule has 0 spiro atoms. The molecule has 0 amide bonds. The minimum atomic E-state index is 0.795. The van der Waals surface area contributed by atoms with Crippen LogP contribution in [0.25, 0.3) is 0 Å². The zero-order valence-corrected chi connectivity index (χ0v) is 8.73. The monoisotopic (exact) mass is 198 g/mol. The van der Waals surface area contributed by atoms with E-state index in [-0.39, 0.29) is 0 Å². The maximum absolute atomic E-state index is 5.14. The van der Waals surface area contributed by atoms with Crippen molar-refractivity contribution in [1.29, 1.82) is 0 Å². The largest absolute Gasteiger partial charge is 0.493 e. The molecule has 1 aromatic rings. The van der Waals surface area contributed by atoms with Gasteiger partial charge in [0.25, 0.3) is 0 Å². The van der Waals surface area contributed by atoms with Gasteiger partial charge in [-0.2, -0.15) is 11.8 Å². The predicted molar refractivity (Wildman–Crippen MR) is 57.7 cm³/mol. The minimum Gasteiger partial charge on any atom is -0.493 e. The van der Waals surface area contributed by atoms with Crippen molar-refractivity contribution in [1.82, 2.24) is 4.98 Å². The van der Waals surface area contributed by atoms with Crippen LogP contribution in [-0.4, -0.2) is 30.6 Å². The second-order valence-corrected chi connectivity index (χ2v) is 3.46. The van der Waals surface area contributed by atoms with E-state index < -0.39 is 0 Å². The van der Waals surface area contributed by atoms with Crippen LogP contribution < -0.4 is 10.1 Å². The Balaban J connectivity index is 2.54. The normalized spacial score (nSPS) is 9.69. The lowest BCUT2D eigenvalue weighted by Gasteiger charge is -2.08. The van der Waals surface area contributed by atoms with Crippen LogP contribution in [0.1, 0.15) is 0 Å². The molecule has 72 valence electrons. The molecule has 0 aliphatic rings. The predicted octanol–water partition coefficient (Wildman–Crippen LogP) is 1.87. The van der Waals surface area contributed by atoms with Gasteiger partial charge < -0.3 is 10.1 Å². The Labute approximate surface area is 82.9 Å². The van der Waals surface area contributed by atoms with Crippen molar-refractivity contribution in [3.8, 4) is 5.75 Å². The van der Waals surface area contributed by atoms with Crippen LogP contribution in [0.2, 0.25) is 0 Å². The quantitative estimate of drug-likeness (QED) is 0.732. The summed E-state index contributed by atoms with van der Waals surface area (Å²) in [6, 6.07) is 3.76. The summed E-state index contributed by atoms with van der Waals surface area (Å²) in [7, 11) is 1.65. The summed E-state index contributed by atoms with van der Waals surface area (Å²) >= 11 is 1.80. The number of hydrogen-bond acceptors (Lipinski definition) is 4. The van der Waals surface area contributed by atoms with Crippen molar-refractivity contribution in [2.24, 2.45) is 0 Å². The van der Waals surface area contributed by atoms with Crippen LogP contribution in [0.4, 0.5) is 5.82 Å². The third-order valence-corrected chi connectivity index (χ3v) is 2.20. The molecular formula is C9H14N2OS. The average molecular weight is 198 g/mol. The Morgan fingerprint density at radius 2 is 2.46 bits per heavy atom. The van der Waals surface area contributed by atoms with E-state index in [1.807, 2.05) is 12.1 Å². The highest BCUT2D eigenvalue weighted by Gasteiger charge is 2.00. The van der Waals surface area contributed by atoms with Gasteiger partial charge in [-0.3, -0.25) is 0 Å². The van der Waals surface area contributed by atoms with E-state index in [1.165, 1.54) is 0 Å². The molecular weight excluding hydrogens is 184 g/mol. The third-order valence-electron chi connectivity index (χ3n) is 1.59. The highest BCUT2D eigenvalue weighted by atomic mass is 32.2. The Morgan fingerprint density at radius 3 is 3.15 bits per heavy atom. The maximum atomic E-state index is 5.14. The van der Waals surface area contributed by atoms with E-state index in [0.717, 1.165) is 23.9 Å². The molecule has 1 heterocycles. The number of hydrogen-bond donors (Lipinski definition) is 1. The number of methoxy groups -OCH3 is 1. The van der Waals surface area contributed by atoms with Crippen LogP contribution in [0.3, 0.4) is 0 Å². The smallest absolute Gasteiger partial charge is 0.168 e. The molecule has 0 radical (unpaired) electrons. The first kappa shape index (κ1) is 10.2. The molecule has 0 saturated heterocycles. The summed E-state index contributed by atoms with van der Waals surface area (Å²) in [5.41, 5.74) is 0. The van der Waals surface area contributed by atoms with Crippen molar-refractivity contribution in [3.63, 3.8) is 0 Å². The fraction of sp³-hybridized carbons (Fsp3) is 0.444. The van der Waals surface area contributed by atoms with Gasteiger partial charge in [0.2, 0.25) is 0 Å². The first-order chi connectivity index (χ1) is 6.38. The van der Waals surface area contributed by atoms with Crippen LogP contribution in [-0.2, 0) is 0 Å². The Hall–Kier alpha value is -0.900. The van der Waals surface area contributed by atoms with Gasteiger partial charge in [-0.25, -0.2) is 4.98 Å². The van der Waals surface area contributed by atoms with Crippen molar-refractivity contribution in [2.45, 2.75) is 0 Å². The minimum absolute atomic E-state index is 0.795. The first-order valence-corrected chi connectivity index (χ1v) is 5.49. The molecule has 0 aliphatic carbocycles. The summed E-state index contributed by atoms with van der Waals surface area (Å²) in [4.78, 5) is 4.18. The van der Waals surface area contributed by atoms with E-state index in [0.29, 0.717) is 0 Å². The van der Waals surface area contributed by atoms with Crippen molar-refractivity contribution < 1.29 is 4.74 Å². The molecule has 0 aromatic carbocycles. The molecule has 3 nitrogen and oxygen atoms in total. The van der Waals surface area contributed by atoms with Gasteiger partial charge in [-0.15, -0.1) is 0 Å². The van der Waals surface area contributed by atoms with Crippen molar-refractivity contribution in [2.75, 3.05) is 31.0 Å². The Bertz CT molecular complexity index is 255. The van der Waals surface area contributed by atoms with Crippen LogP contribution >= 0.6 is 11.8 Å². The number of aromatic nitrogens is 1. The van der Waals surface area contributed by atoms with E-state index in [9.17, 15) is 0 Å². The second kappa shape index (κ2) is 5.70. The van der Waals surface area contributed by atoms with Crippen LogP contribution in [0.15, 0.2) is 18.3 Å². The number of thioether (sulfide) groups is 1. The number of pyridine rings is 1. The van der Waals surface area contributed by atoms with Gasteiger partial charge >= 0.3 is 0 Å². The zero-order chi connectivity index (χ0) is 9.52. The van der Waals surface area contributed by atoms with E-state index in [4.69, 9.17) is 4.74 Å². The summed E-state index contributed by atoms with van der Waals surface area (Å²) < 4.78 is 5.14. The summed E-state index contributed by atoms with van der Waals surface area (Å²) in [5.74, 6) is 2.68.